The zero-order valence-electron chi connectivity index (χ0n) is 11.4. The van der Waals surface area contributed by atoms with E-state index in [9.17, 15) is 4.39 Å². The van der Waals surface area contributed by atoms with Crippen molar-refractivity contribution in [2.45, 2.75) is 25.7 Å². The second-order valence-electron chi connectivity index (χ2n) is 5.82. The molecule has 3 unspecified atom stereocenters. The molecule has 106 valence electrons. The smallest absolute Gasteiger partial charge is 0.135 e. The minimum Gasteiger partial charge on any atom is -0.492 e. The van der Waals surface area contributed by atoms with Crippen LogP contribution in [-0.2, 0) is 0 Å². The number of halogens is 2. The zero-order chi connectivity index (χ0) is 13.9. The van der Waals surface area contributed by atoms with Gasteiger partial charge >= 0.3 is 0 Å². The lowest BCUT2D eigenvalue weighted by Crippen LogP contribution is -2.18. The Morgan fingerprint density at radius 3 is 2.90 bits per heavy atom. The highest BCUT2D eigenvalue weighted by molar-refractivity contribution is 6.19. The van der Waals surface area contributed by atoms with Gasteiger partial charge in [0.05, 0.1) is 18.1 Å². The summed E-state index contributed by atoms with van der Waals surface area (Å²) < 4.78 is 19.2. The summed E-state index contributed by atoms with van der Waals surface area (Å²) in [5.74, 6) is 8.64. The average Bonchev–Trinajstić information content (AvgIpc) is 3.06. The molecule has 0 saturated heterocycles. The van der Waals surface area contributed by atoms with Crippen LogP contribution in [0.25, 0.3) is 0 Å². The fraction of sp³-hybridized carbons (Fsp3) is 0.529. The lowest BCUT2D eigenvalue weighted by molar-refractivity contribution is 0.195. The Hall–Kier alpha value is -1.20. The van der Waals surface area contributed by atoms with Gasteiger partial charge in [0.1, 0.15) is 11.6 Å². The van der Waals surface area contributed by atoms with Gasteiger partial charge in [0.15, 0.2) is 0 Å². The molecule has 2 fully saturated rings. The Kier molecular flexibility index (Phi) is 4.17. The first kappa shape index (κ1) is 13.8. The lowest BCUT2D eigenvalue weighted by atomic mass is 9.89. The van der Waals surface area contributed by atoms with E-state index >= 15 is 0 Å². The SMILES string of the molecule is Fc1ccc(OCC2CC3CCC2C3)c(C#CCCl)c1. The van der Waals surface area contributed by atoms with Crippen molar-refractivity contribution in [2.24, 2.45) is 17.8 Å². The number of hydrogen-bond acceptors (Lipinski definition) is 1. The van der Waals surface area contributed by atoms with E-state index in [1.807, 2.05) is 0 Å². The van der Waals surface area contributed by atoms with E-state index in [0.717, 1.165) is 18.4 Å². The topological polar surface area (TPSA) is 9.23 Å². The third kappa shape index (κ3) is 2.94. The third-order valence-electron chi connectivity index (χ3n) is 4.57. The lowest BCUT2D eigenvalue weighted by Gasteiger charge is -2.22. The largest absolute Gasteiger partial charge is 0.492 e. The minimum absolute atomic E-state index is 0.238. The average molecular weight is 293 g/mol. The van der Waals surface area contributed by atoms with Crippen molar-refractivity contribution in [1.29, 1.82) is 0 Å². The number of fused-ring (bicyclic) bond motifs is 2. The van der Waals surface area contributed by atoms with Gasteiger partial charge in [-0.15, -0.1) is 11.6 Å². The third-order valence-corrected chi connectivity index (χ3v) is 4.70. The van der Waals surface area contributed by atoms with Crippen molar-refractivity contribution in [3.8, 4) is 17.6 Å². The van der Waals surface area contributed by atoms with Crippen LogP contribution < -0.4 is 4.74 Å². The molecule has 3 rings (SSSR count). The second kappa shape index (κ2) is 6.06. The van der Waals surface area contributed by atoms with E-state index < -0.39 is 0 Å². The minimum atomic E-state index is -0.295. The molecular weight excluding hydrogens is 275 g/mol. The Morgan fingerprint density at radius 1 is 1.30 bits per heavy atom. The van der Waals surface area contributed by atoms with E-state index in [4.69, 9.17) is 16.3 Å². The van der Waals surface area contributed by atoms with Crippen LogP contribution in [0.15, 0.2) is 18.2 Å². The van der Waals surface area contributed by atoms with E-state index in [2.05, 4.69) is 11.8 Å². The highest BCUT2D eigenvalue weighted by atomic mass is 35.5. The summed E-state index contributed by atoms with van der Waals surface area (Å²) in [6.07, 6.45) is 5.40. The van der Waals surface area contributed by atoms with Crippen molar-refractivity contribution in [2.75, 3.05) is 12.5 Å². The molecule has 2 saturated carbocycles. The van der Waals surface area contributed by atoms with Crippen LogP contribution in [0.1, 0.15) is 31.2 Å². The molecule has 0 aliphatic heterocycles. The Morgan fingerprint density at radius 2 is 2.20 bits per heavy atom. The van der Waals surface area contributed by atoms with Gasteiger partial charge in [0, 0.05) is 0 Å². The normalized spacial score (nSPS) is 27.2. The molecule has 1 aromatic rings. The van der Waals surface area contributed by atoms with Crippen LogP contribution in [0, 0.1) is 35.4 Å². The van der Waals surface area contributed by atoms with Crippen LogP contribution in [-0.4, -0.2) is 12.5 Å². The molecule has 0 radical (unpaired) electrons. The highest BCUT2D eigenvalue weighted by Crippen LogP contribution is 2.48. The van der Waals surface area contributed by atoms with Crippen molar-refractivity contribution in [1.82, 2.24) is 0 Å². The van der Waals surface area contributed by atoms with Gasteiger partial charge in [-0.2, -0.15) is 0 Å². The van der Waals surface area contributed by atoms with Crippen LogP contribution in [0.5, 0.6) is 5.75 Å². The van der Waals surface area contributed by atoms with Crippen LogP contribution in [0.3, 0.4) is 0 Å². The predicted molar refractivity (Wildman–Crippen MR) is 78.4 cm³/mol. The number of ether oxygens (including phenoxy) is 1. The van der Waals surface area contributed by atoms with Crippen molar-refractivity contribution >= 4 is 11.6 Å². The van der Waals surface area contributed by atoms with E-state index in [0.29, 0.717) is 17.2 Å². The number of alkyl halides is 1. The number of hydrogen-bond donors (Lipinski definition) is 0. The summed E-state index contributed by atoms with van der Waals surface area (Å²) in [5, 5.41) is 0. The molecule has 0 N–H and O–H groups in total. The molecule has 0 spiro atoms. The molecule has 2 bridgehead atoms. The fourth-order valence-electron chi connectivity index (χ4n) is 3.63. The van der Waals surface area contributed by atoms with Gasteiger partial charge in [-0.05, 0) is 55.2 Å². The maximum atomic E-state index is 13.3. The first-order chi connectivity index (χ1) is 9.76. The standard InChI is InChI=1S/C17H18ClFO/c18-7-1-2-14-10-16(19)5-6-17(14)20-11-15-9-12-3-4-13(15)8-12/h5-6,10,12-13,15H,3-4,7-9,11H2. The van der Waals surface area contributed by atoms with Gasteiger partial charge in [0.2, 0.25) is 0 Å². The number of rotatable bonds is 3. The van der Waals surface area contributed by atoms with Crippen LogP contribution in [0.2, 0.25) is 0 Å². The van der Waals surface area contributed by atoms with E-state index in [1.165, 1.54) is 37.8 Å². The fourth-order valence-corrected chi connectivity index (χ4v) is 3.70. The van der Waals surface area contributed by atoms with E-state index in [1.54, 1.807) is 6.07 Å². The van der Waals surface area contributed by atoms with Crippen molar-refractivity contribution < 1.29 is 9.13 Å². The Labute approximate surface area is 124 Å². The summed E-state index contributed by atoms with van der Waals surface area (Å²) >= 11 is 5.56. The summed E-state index contributed by atoms with van der Waals surface area (Å²) in [6.45, 7) is 0.725. The predicted octanol–water partition coefficient (Wildman–Crippen LogP) is 4.23. The first-order valence-electron chi connectivity index (χ1n) is 7.23. The summed E-state index contributed by atoms with van der Waals surface area (Å²) in [6, 6.07) is 4.50. The number of benzene rings is 1. The van der Waals surface area contributed by atoms with Crippen LogP contribution >= 0.6 is 11.6 Å². The molecule has 1 nitrogen and oxygen atoms in total. The summed E-state index contributed by atoms with van der Waals surface area (Å²) in [5.41, 5.74) is 0.591. The summed E-state index contributed by atoms with van der Waals surface area (Å²) in [4.78, 5) is 0. The highest BCUT2D eigenvalue weighted by Gasteiger charge is 2.39. The molecule has 0 aromatic heterocycles. The Balaban J connectivity index is 1.67. The molecule has 2 aliphatic carbocycles. The van der Waals surface area contributed by atoms with Gasteiger partial charge < -0.3 is 4.74 Å². The molecule has 2 aliphatic rings. The monoisotopic (exact) mass is 292 g/mol. The molecule has 1 aromatic carbocycles. The molecule has 0 amide bonds. The maximum absolute atomic E-state index is 13.3. The van der Waals surface area contributed by atoms with Gasteiger partial charge in [-0.25, -0.2) is 4.39 Å². The molecular formula is C17H18ClFO. The summed E-state index contributed by atoms with van der Waals surface area (Å²) in [7, 11) is 0. The van der Waals surface area contributed by atoms with Gasteiger partial charge in [0.25, 0.3) is 0 Å². The van der Waals surface area contributed by atoms with Crippen molar-refractivity contribution in [3.05, 3.63) is 29.6 Å². The molecule has 0 heterocycles. The van der Waals surface area contributed by atoms with Gasteiger partial charge in [-0.3, -0.25) is 0 Å². The van der Waals surface area contributed by atoms with Crippen molar-refractivity contribution in [3.63, 3.8) is 0 Å². The maximum Gasteiger partial charge on any atom is 0.135 e. The Bertz CT molecular complexity index is 546. The zero-order valence-corrected chi connectivity index (χ0v) is 12.1. The molecule has 3 heteroatoms. The van der Waals surface area contributed by atoms with Crippen LogP contribution in [0.4, 0.5) is 4.39 Å². The van der Waals surface area contributed by atoms with E-state index in [-0.39, 0.29) is 11.7 Å². The second-order valence-corrected chi connectivity index (χ2v) is 6.09. The molecule has 20 heavy (non-hydrogen) atoms. The quantitative estimate of drug-likeness (QED) is 0.598. The first-order valence-corrected chi connectivity index (χ1v) is 7.77. The molecule has 3 atom stereocenters. The van der Waals surface area contributed by atoms with Gasteiger partial charge in [-0.1, -0.05) is 18.3 Å².